The summed E-state index contributed by atoms with van der Waals surface area (Å²) in [6, 6.07) is 12.1. The number of nitrogens with zero attached hydrogens (tertiary/aromatic N) is 2. The quantitative estimate of drug-likeness (QED) is 0.717. The van der Waals surface area contributed by atoms with Gasteiger partial charge in [0, 0.05) is 6.26 Å². The van der Waals surface area contributed by atoms with Crippen LogP contribution in [0.4, 0.5) is 0 Å². The van der Waals surface area contributed by atoms with Gasteiger partial charge in [-0.2, -0.15) is 0 Å². The zero-order valence-corrected chi connectivity index (χ0v) is 14.1. The highest BCUT2D eigenvalue weighted by molar-refractivity contribution is 7.90. The van der Waals surface area contributed by atoms with Gasteiger partial charge in [-0.3, -0.25) is 0 Å². The standard InChI is InChI=1S/C14H13N3O5S2/c1-23(18,19)14-17-16-13(22-14)9-15-24(20,21)12-7-6-10-4-2-3-5-11(10)8-12/h2-8,15H,9H2,1H3. The van der Waals surface area contributed by atoms with E-state index in [1.165, 1.54) is 6.07 Å². The van der Waals surface area contributed by atoms with E-state index in [0.717, 1.165) is 17.0 Å². The first-order chi connectivity index (χ1) is 11.3. The third-order valence-electron chi connectivity index (χ3n) is 3.21. The SMILES string of the molecule is CS(=O)(=O)c1nnc(CNS(=O)(=O)c2ccc3ccccc3c2)o1. The molecule has 0 unspecified atom stereocenters. The van der Waals surface area contributed by atoms with Crippen molar-refractivity contribution in [2.24, 2.45) is 0 Å². The van der Waals surface area contributed by atoms with E-state index in [2.05, 4.69) is 14.9 Å². The maximum Gasteiger partial charge on any atom is 0.335 e. The Balaban J connectivity index is 1.81. The predicted molar refractivity (Wildman–Crippen MR) is 85.4 cm³/mol. The smallest absolute Gasteiger partial charge is 0.335 e. The molecule has 24 heavy (non-hydrogen) atoms. The molecule has 0 fully saturated rings. The molecule has 2 aromatic carbocycles. The van der Waals surface area contributed by atoms with Crippen LogP contribution in [0, 0.1) is 0 Å². The van der Waals surface area contributed by atoms with Crippen molar-refractivity contribution in [3.05, 3.63) is 48.4 Å². The number of sulfonamides is 1. The van der Waals surface area contributed by atoms with Gasteiger partial charge in [0.15, 0.2) is 0 Å². The molecular weight excluding hydrogens is 354 g/mol. The van der Waals surface area contributed by atoms with E-state index in [1.807, 2.05) is 24.3 Å². The monoisotopic (exact) mass is 367 g/mol. The van der Waals surface area contributed by atoms with E-state index in [1.54, 1.807) is 12.1 Å². The number of hydrogen-bond donors (Lipinski definition) is 1. The number of benzene rings is 2. The highest BCUT2D eigenvalue weighted by Crippen LogP contribution is 2.19. The van der Waals surface area contributed by atoms with Gasteiger partial charge >= 0.3 is 5.22 Å². The van der Waals surface area contributed by atoms with E-state index in [0.29, 0.717) is 0 Å². The van der Waals surface area contributed by atoms with Crippen molar-refractivity contribution < 1.29 is 21.3 Å². The second kappa shape index (κ2) is 5.96. The maximum absolute atomic E-state index is 12.3. The van der Waals surface area contributed by atoms with Crippen molar-refractivity contribution in [2.75, 3.05) is 6.26 Å². The van der Waals surface area contributed by atoms with Crippen molar-refractivity contribution in [3.8, 4) is 0 Å². The van der Waals surface area contributed by atoms with Gasteiger partial charge in [0.1, 0.15) is 0 Å². The molecule has 126 valence electrons. The molecule has 0 spiro atoms. The molecule has 0 aliphatic rings. The summed E-state index contributed by atoms with van der Waals surface area (Å²) in [6.07, 6.45) is 0.920. The number of hydrogen-bond acceptors (Lipinski definition) is 7. The molecule has 10 heteroatoms. The van der Waals surface area contributed by atoms with Crippen molar-refractivity contribution >= 4 is 30.6 Å². The van der Waals surface area contributed by atoms with Crippen LogP contribution < -0.4 is 4.72 Å². The fourth-order valence-corrected chi connectivity index (χ4v) is 3.48. The third-order valence-corrected chi connectivity index (χ3v) is 5.41. The Morgan fingerprint density at radius 1 is 1.00 bits per heavy atom. The van der Waals surface area contributed by atoms with Crippen LogP contribution >= 0.6 is 0 Å². The summed E-state index contributed by atoms with van der Waals surface area (Å²) in [5.74, 6) is -0.139. The third kappa shape index (κ3) is 3.45. The molecule has 1 aromatic heterocycles. The Bertz CT molecular complexity index is 1100. The van der Waals surface area contributed by atoms with Crippen LogP contribution in [0.3, 0.4) is 0 Å². The maximum atomic E-state index is 12.3. The molecule has 0 radical (unpaired) electrons. The lowest BCUT2D eigenvalue weighted by atomic mass is 10.1. The molecule has 0 atom stereocenters. The van der Waals surface area contributed by atoms with Crippen LogP contribution in [-0.4, -0.2) is 33.3 Å². The molecule has 0 saturated heterocycles. The molecule has 3 rings (SSSR count). The van der Waals surface area contributed by atoms with Crippen LogP contribution in [0.15, 0.2) is 57.0 Å². The molecule has 0 aliphatic heterocycles. The summed E-state index contributed by atoms with van der Waals surface area (Å²) in [4.78, 5) is 0.0871. The molecule has 0 aliphatic carbocycles. The number of sulfone groups is 1. The first kappa shape index (κ1) is 16.6. The summed E-state index contributed by atoms with van der Waals surface area (Å²) in [7, 11) is -7.43. The molecule has 0 bridgehead atoms. The highest BCUT2D eigenvalue weighted by atomic mass is 32.2. The van der Waals surface area contributed by atoms with Crippen molar-refractivity contribution in [1.82, 2.24) is 14.9 Å². The minimum Gasteiger partial charge on any atom is -0.411 e. The zero-order chi connectivity index (χ0) is 17.4. The van der Waals surface area contributed by atoms with Crippen LogP contribution in [0.2, 0.25) is 0 Å². The number of nitrogens with one attached hydrogen (secondary N) is 1. The van der Waals surface area contributed by atoms with Gasteiger partial charge in [-0.15, -0.1) is 5.10 Å². The van der Waals surface area contributed by atoms with E-state index in [4.69, 9.17) is 4.42 Å². The van der Waals surface area contributed by atoms with Crippen molar-refractivity contribution in [3.63, 3.8) is 0 Å². The topological polar surface area (TPSA) is 119 Å². The van der Waals surface area contributed by atoms with Gasteiger partial charge in [-0.05, 0) is 22.9 Å². The number of rotatable bonds is 5. The number of fused-ring (bicyclic) bond motifs is 1. The van der Waals surface area contributed by atoms with Crippen LogP contribution in [0.25, 0.3) is 10.8 Å². The van der Waals surface area contributed by atoms with Gasteiger partial charge in [0.2, 0.25) is 25.8 Å². The molecule has 0 saturated carbocycles. The van der Waals surface area contributed by atoms with E-state index >= 15 is 0 Å². The lowest BCUT2D eigenvalue weighted by Gasteiger charge is -2.06. The number of aromatic nitrogens is 2. The van der Waals surface area contributed by atoms with Crippen LogP contribution in [-0.2, 0) is 26.4 Å². The fraction of sp³-hybridized carbons (Fsp3) is 0.143. The van der Waals surface area contributed by atoms with Crippen LogP contribution in [0.5, 0.6) is 0 Å². The van der Waals surface area contributed by atoms with Gasteiger partial charge in [0.05, 0.1) is 11.4 Å². The first-order valence-electron chi connectivity index (χ1n) is 6.77. The van der Waals surface area contributed by atoms with Crippen LogP contribution in [0.1, 0.15) is 5.89 Å². The van der Waals surface area contributed by atoms with Gasteiger partial charge < -0.3 is 4.42 Å². The van der Waals surface area contributed by atoms with E-state index < -0.39 is 25.1 Å². The second-order valence-electron chi connectivity index (χ2n) is 5.07. The summed E-state index contributed by atoms with van der Waals surface area (Å²) in [5, 5.41) is 8.03. The molecular formula is C14H13N3O5S2. The largest absolute Gasteiger partial charge is 0.411 e. The average molecular weight is 367 g/mol. The molecule has 1 heterocycles. The Hall–Kier alpha value is -2.30. The minimum atomic E-state index is -3.80. The first-order valence-corrected chi connectivity index (χ1v) is 10.1. The lowest BCUT2D eigenvalue weighted by Crippen LogP contribution is -2.23. The Morgan fingerprint density at radius 3 is 2.38 bits per heavy atom. The zero-order valence-electron chi connectivity index (χ0n) is 12.5. The normalized spacial score (nSPS) is 12.5. The highest BCUT2D eigenvalue weighted by Gasteiger charge is 2.19. The molecule has 1 N–H and O–H groups in total. The van der Waals surface area contributed by atoms with Gasteiger partial charge in [-0.25, -0.2) is 21.6 Å². The summed E-state index contributed by atoms with van der Waals surface area (Å²) >= 11 is 0. The van der Waals surface area contributed by atoms with Crippen molar-refractivity contribution in [1.29, 1.82) is 0 Å². The van der Waals surface area contributed by atoms with Gasteiger partial charge in [0.25, 0.3) is 0 Å². The summed E-state index contributed by atoms with van der Waals surface area (Å²) in [6.45, 7) is -0.308. The predicted octanol–water partition coefficient (Wildman–Crippen LogP) is 1.10. The lowest BCUT2D eigenvalue weighted by molar-refractivity contribution is 0.394. The van der Waals surface area contributed by atoms with Crippen molar-refractivity contribution in [2.45, 2.75) is 16.7 Å². The van der Waals surface area contributed by atoms with E-state index in [9.17, 15) is 16.8 Å². The molecule has 0 amide bonds. The minimum absolute atomic E-state index is 0.0871. The fourth-order valence-electron chi connectivity index (χ4n) is 2.03. The summed E-state index contributed by atoms with van der Waals surface area (Å²) in [5.41, 5.74) is 0. The molecule has 3 aromatic rings. The van der Waals surface area contributed by atoms with Gasteiger partial charge in [-0.1, -0.05) is 35.4 Å². The Morgan fingerprint density at radius 2 is 1.71 bits per heavy atom. The second-order valence-corrected chi connectivity index (χ2v) is 8.73. The molecule has 8 nitrogen and oxygen atoms in total. The Labute approximate surface area is 138 Å². The summed E-state index contributed by atoms with van der Waals surface area (Å²) < 4.78 is 54.4. The Kier molecular flexibility index (Phi) is 4.11. The average Bonchev–Trinajstić information content (AvgIpc) is 3.02. The van der Waals surface area contributed by atoms with E-state index in [-0.39, 0.29) is 17.3 Å².